The number of nitro groups is 1. The van der Waals surface area contributed by atoms with Crippen LogP contribution in [0.1, 0.15) is 10.5 Å². The van der Waals surface area contributed by atoms with E-state index in [0.717, 1.165) is 6.07 Å². The summed E-state index contributed by atoms with van der Waals surface area (Å²) < 4.78 is 4.60. The summed E-state index contributed by atoms with van der Waals surface area (Å²) in [6, 6.07) is 2.25. The Balaban J connectivity index is 3.20. The second-order valence-electron chi connectivity index (χ2n) is 2.28. The van der Waals surface area contributed by atoms with Gasteiger partial charge in [-0.1, -0.05) is 0 Å². The van der Waals surface area contributed by atoms with Crippen LogP contribution in [0, 0.1) is 10.1 Å². The molecule has 0 atom stereocenters. The van der Waals surface area contributed by atoms with E-state index < -0.39 is 10.9 Å². The monoisotopic (exact) mass is 260 g/mol. The van der Waals surface area contributed by atoms with Gasteiger partial charge in [-0.3, -0.25) is 10.1 Å². The number of rotatable bonds is 2. The molecule has 1 aromatic heterocycles. The summed E-state index contributed by atoms with van der Waals surface area (Å²) in [5, 5.41) is 10.4. The maximum absolute atomic E-state index is 11.0. The summed E-state index contributed by atoms with van der Waals surface area (Å²) >= 11 is 2.96. The molecule has 0 saturated carbocycles. The van der Waals surface area contributed by atoms with Crippen molar-refractivity contribution in [2.45, 2.75) is 0 Å². The van der Waals surface area contributed by atoms with Crippen LogP contribution in [0.4, 0.5) is 5.69 Å². The molecule has 1 aromatic rings. The highest BCUT2D eigenvalue weighted by Gasteiger charge is 2.15. The van der Waals surface area contributed by atoms with Gasteiger partial charge in [0.1, 0.15) is 4.60 Å². The second kappa shape index (κ2) is 4.14. The summed E-state index contributed by atoms with van der Waals surface area (Å²) in [6.45, 7) is 0. The number of halogens is 1. The van der Waals surface area contributed by atoms with Gasteiger partial charge in [-0.05, 0) is 15.9 Å². The third-order valence-corrected chi connectivity index (χ3v) is 1.79. The molecule has 1 heterocycles. The first-order valence-electron chi connectivity index (χ1n) is 3.45. The Bertz CT molecular complexity index is 393. The van der Waals surface area contributed by atoms with Gasteiger partial charge in [-0.15, -0.1) is 0 Å². The molecular formula is C7H5BrN2O4. The van der Waals surface area contributed by atoms with E-state index in [1.165, 1.54) is 13.2 Å². The molecule has 0 unspecified atom stereocenters. The van der Waals surface area contributed by atoms with Gasteiger partial charge < -0.3 is 4.74 Å². The van der Waals surface area contributed by atoms with Crippen LogP contribution in [0.5, 0.6) is 0 Å². The SMILES string of the molecule is COC(=O)c1cc([N+](=O)[O-])cc(Br)n1. The van der Waals surface area contributed by atoms with E-state index >= 15 is 0 Å². The molecule has 0 aliphatic rings. The quantitative estimate of drug-likeness (QED) is 0.349. The number of methoxy groups -OCH3 is 1. The van der Waals surface area contributed by atoms with Crippen molar-refractivity contribution in [2.24, 2.45) is 0 Å². The molecule has 0 bridgehead atoms. The molecule has 0 aliphatic carbocycles. The first kappa shape index (κ1) is 10.6. The van der Waals surface area contributed by atoms with Crippen LogP contribution < -0.4 is 0 Å². The van der Waals surface area contributed by atoms with Crippen LogP contribution in [0.2, 0.25) is 0 Å². The number of hydrogen-bond donors (Lipinski definition) is 0. The first-order chi connectivity index (χ1) is 6.54. The van der Waals surface area contributed by atoms with Gasteiger partial charge in [0, 0.05) is 12.1 Å². The lowest BCUT2D eigenvalue weighted by Crippen LogP contribution is -2.05. The van der Waals surface area contributed by atoms with Crippen LogP contribution in [-0.4, -0.2) is 23.0 Å². The van der Waals surface area contributed by atoms with Gasteiger partial charge >= 0.3 is 5.97 Å². The first-order valence-corrected chi connectivity index (χ1v) is 4.24. The fourth-order valence-corrected chi connectivity index (χ4v) is 1.22. The number of nitrogens with zero attached hydrogens (tertiary/aromatic N) is 2. The van der Waals surface area contributed by atoms with Crippen molar-refractivity contribution in [3.05, 3.63) is 32.5 Å². The Labute approximate surface area is 87.2 Å². The van der Waals surface area contributed by atoms with Gasteiger partial charge in [0.15, 0.2) is 5.69 Å². The van der Waals surface area contributed by atoms with Crippen molar-refractivity contribution in [3.8, 4) is 0 Å². The van der Waals surface area contributed by atoms with Crippen molar-refractivity contribution >= 4 is 27.6 Å². The molecule has 0 aliphatic heterocycles. The van der Waals surface area contributed by atoms with Crippen LogP contribution in [0.15, 0.2) is 16.7 Å². The maximum atomic E-state index is 11.0. The molecule has 0 amide bonds. The van der Waals surface area contributed by atoms with E-state index in [2.05, 4.69) is 25.7 Å². The van der Waals surface area contributed by atoms with E-state index in [9.17, 15) is 14.9 Å². The Morgan fingerprint density at radius 1 is 1.64 bits per heavy atom. The summed E-state index contributed by atoms with van der Waals surface area (Å²) in [5.41, 5.74) is -0.319. The minimum Gasteiger partial charge on any atom is -0.464 e. The summed E-state index contributed by atoms with van der Waals surface area (Å²) in [4.78, 5) is 24.5. The highest BCUT2D eigenvalue weighted by molar-refractivity contribution is 9.10. The molecule has 0 spiro atoms. The Morgan fingerprint density at radius 3 is 2.79 bits per heavy atom. The zero-order valence-corrected chi connectivity index (χ0v) is 8.65. The standard InChI is InChI=1S/C7H5BrN2O4/c1-14-7(11)5-2-4(10(12)13)3-6(8)9-5/h2-3H,1H3. The molecule has 0 N–H and O–H groups in total. The van der Waals surface area contributed by atoms with Gasteiger partial charge in [0.05, 0.1) is 12.0 Å². The molecular weight excluding hydrogens is 256 g/mol. The molecule has 0 saturated heterocycles. The van der Waals surface area contributed by atoms with Gasteiger partial charge in [0.2, 0.25) is 0 Å². The molecule has 7 heteroatoms. The van der Waals surface area contributed by atoms with Crippen LogP contribution >= 0.6 is 15.9 Å². The van der Waals surface area contributed by atoms with Crippen LogP contribution in [0.25, 0.3) is 0 Å². The largest absolute Gasteiger partial charge is 0.464 e. The summed E-state index contributed by atoms with van der Waals surface area (Å²) in [7, 11) is 1.18. The lowest BCUT2D eigenvalue weighted by molar-refractivity contribution is -0.385. The molecule has 14 heavy (non-hydrogen) atoms. The van der Waals surface area contributed by atoms with E-state index in [-0.39, 0.29) is 16.0 Å². The molecule has 74 valence electrons. The van der Waals surface area contributed by atoms with Gasteiger partial charge in [0.25, 0.3) is 5.69 Å². The fourth-order valence-electron chi connectivity index (χ4n) is 0.798. The third-order valence-electron chi connectivity index (χ3n) is 1.38. The van der Waals surface area contributed by atoms with E-state index in [1.807, 2.05) is 0 Å². The number of carbonyl (C=O) groups is 1. The van der Waals surface area contributed by atoms with Gasteiger partial charge in [-0.25, -0.2) is 9.78 Å². The Hall–Kier alpha value is -1.50. The number of hydrogen-bond acceptors (Lipinski definition) is 5. The van der Waals surface area contributed by atoms with Crippen LogP contribution in [-0.2, 0) is 4.74 Å². The average molecular weight is 261 g/mol. The second-order valence-corrected chi connectivity index (χ2v) is 3.09. The van der Waals surface area contributed by atoms with Crippen molar-refractivity contribution in [3.63, 3.8) is 0 Å². The third kappa shape index (κ3) is 2.25. The summed E-state index contributed by atoms with van der Waals surface area (Å²) in [6.07, 6.45) is 0. The zero-order valence-electron chi connectivity index (χ0n) is 7.06. The van der Waals surface area contributed by atoms with Crippen molar-refractivity contribution in [1.82, 2.24) is 4.98 Å². The Morgan fingerprint density at radius 2 is 2.29 bits per heavy atom. The lowest BCUT2D eigenvalue weighted by atomic mass is 10.3. The summed E-state index contributed by atoms with van der Waals surface area (Å²) in [5.74, 6) is -0.714. The zero-order chi connectivity index (χ0) is 10.7. The van der Waals surface area contributed by atoms with E-state index in [4.69, 9.17) is 0 Å². The topological polar surface area (TPSA) is 82.3 Å². The molecule has 6 nitrogen and oxygen atoms in total. The predicted molar refractivity (Wildman–Crippen MR) is 49.9 cm³/mol. The average Bonchev–Trinajstić information content (AvgIpc) is 2.15. The van der Waals surface area contributed by atoms with E-state index in [0.29, 0.717) is 0 Å². The van der Waals surface area contributed by atoms with E-state index in [1.54, 1.807) is 0 Å². The van der Waals surface area contributed by atoms with Crippen molar-refractivity contribution in [2.75, 3.05) is 7.11 Å². The highest BCUT2D eigenvalue weighted by Crippen LogP contribution is 2.18. The molecule has 0 fully saturated rings. The number of ether oxygens (including phenoxy) is 1. The van der Waals surface area contributed by atoms with Gasteiger partial charge in [-0.2, -0.15) is 0 Å². The number of esters is 1. The molecule has 0 aromatic carbocycles. The minimum absolute atomic E-state index is 0.103. The minimum atomic E-state index is -0.714. The number of pyridine rings is 1. The van der Waals surface area contributed by atoms with Crippen molar-refractivity contribution in [1.29, 1.82) is 0 Å². The fraction of sp³-hybridized carbons (Fsp3) is 0.143. The highest BCUT2D eigenvalue weighted by atomic mass is 79.9. The predicted octanol–water partition coefficient (Wildman–Crippen LogP) is 1.54. The number of aromatic nitrogens is 1. The van der Waals surface area contributed by atoms with Crippen LogP contribution in [0.3, 0.4) is 0 Å². The number of carbonyl (C=O) groups excluding carboxylic acids is 1. The smallest absolute Gasteiger partial charge is 0.356 e. The molecule has 1 rings (SSSR count). The molecule has 0 radical (unpaired) electrons. The Kier molecular flexibility index (Phi) is 3.13. The van der Waals surface area contributed by atoms with Crippen molar-refractivity contribution < 1.29 is 14.5 Å². The lowest BCUT2D eigenvalue weighted by Gasteiger charge is -1.98. The maximum Gasteiger partial charge on any atom is 0.356 e. The normalized spacial score (nSPS) is 9.57.